The molecule has 0 unspecified atom stereocenters. The molecule has 0 amide bonds. The summed E-state index contributed by atoms with van der Waals surface area (Å²) < 4.78 is 6.59. The van der Waals surface area contributed by atoms with Crippen LogP contribution in [0, 0.1) is 0 Å². The number of hydrogen-bond acceptors (Lipinski definition) is 2. The summed E-state index contributed by atoms with van der Waals surface area (Å²) >= 11 is 0. The van der Waals surface area contributed by atoms with Gasteiger partial charge in [0.1, 0.15) is 11.2 Å². The molecule has 1 aromatic heterocycles. The van der Waals surface area contributed by atoms with Gasteiger partial charge in [-0.25, -0.2) is 0 Å². The summed E-state index contributed by atoms with van der Waals surface area (Å²) in [6.07, 6.45) is 0. The molecular formula is C61H41NO. The molecule has 0 spiro atoms. The molecule has 0 aliphatic heterocycles. The molecule has 0 N–H and O–H groups in total. The minimum Gasteiger partial charge on any atom is -0.456 e. The Morgan fingerprint density at radius 2 is 0.937 bits per heavy atom. The third-order valence-corrected chi connectivity index (χ3v) is 13.8. The monoisotopic (exact) mass is 803 g/mol. The van der Waals surface area contributed by atoms with Gasteiger partial charge < -0.3 is 9.32 Å². The highest BCUT2D eigenvalue weighted by Gasteiger charge is 2.36. The molecule has 63 heavy (non-hydrogen) atoms. The molecule has 0 radical (unpaired) electrons. The fourth-order valence-electron chi connectivity index (χ4n) is 10.8. The van der Waals surface area contributed by atoms with Crippen molar-refractivity contribution in [2.75, 3.05) is 4.90 Å². The minimum atomic E-state index is -0.162. The van der Waals surface area contributed by atoms with Gasteiger partial charge in [0.15, 0.2) is 0 Å². The fraction of sp³-hybridized carbons (Fsp3) is 0.0492. The van der Waals surface area contributed by atoms with E-state index in [9.17, 15) is 0 Å². The maximum atomic E-state index is 6.59. The summed E-state index contributed by atoms with van der Waals surface area (Å²) in [4.78, 5) is 2.51. The highest BCUT2D eigenvalue weighted by molar-refractivity contribution is 6.30. The van der Waals surface area contributed by atoms with Crippen LogP contribution in [0.15, 0.2) is 217 Å². The van der Waals surface area contributed by atoms with Crippen LogP contribution < -0.4 is 4.90 Å². The number of anilines is 3. The van der Waals surface area contributed by atoms with Crippen LogP contribution in [0.25, 0.3) is 98.4 Å². The molecule has 0 bridgehead atoms. The van der Waals surface area contributed by atoms with Gasteiger partial charge in [-0.15, -0.1) is 0 Å². The van der Waals surface area contributed by atoms with Crippen molar-refractivity contribution in [2.24, 2.45) is 0 Å². The molecule has 2 heteroatoms. The van der Waals surface area contributed by atoms with Crippen LogP contribution in [0.4, 0.5) is 17.1 Å². The number of furan rings is 1. The average molecular weight is 804 g/mol. The Kier molecular flexibility index (Phi) is 7.68. The molecule has 1 aliphatic carbocycles. The first-order valence-electron chi connectivity index (χ1n) is 21.9. The van der Waals surface area contributed by atoms with Crippen molar-refractivity contribution >= 4 is 82.1 Å². The molecule has 296 valence electrons. The minimum absolute atomic E-state index is 0.162. The van der Waals surface area contributed by atoms with Crippen molar-refractivity contribution in [1.82, 2.24) is 0 Å². The van der Waals surface area contributed by atoms with Crippen molar-refractivity contribution in [3.05, 3.63) is 223 Å². The first kappa shape index (κ1) is 35.8. The van der Waals surface area contributed by atoms with E-state index >= 15 is 0 Å². The molecular weight excluding hydrogens is 763 g/mol. The molecule has 1 heterocycles. The van der Waals surface area contributed by atoms with Gasteiger partial charge in [0, 0.05) is 38.5 Å². The summed E-state index contributed by atoms with van der Waals surface area (Å²) in [5.74, 6) is 0. The van der Waals surface area contributed by atoms with Crippen LogP contribution in [0.3, 0.4) is 0 Å². The van der Waals surface area contributed by atoms with Crippen LogP contribution in [0.1, 0.15) is 25.0 Å². The SMILES string of the molecule is CC1(C)c2ccccc2-c2ccc(N(c3ccc4ccccc4c3)c3ccc4c5ccccc5c5ccccc5c4c3-c3ccc4oc5ccc(-c6ccccc6)cc5c4c3)cc21. The second-order valence-electron chi connectivity index (χ2n) is 17.6. The van der Waals surface area contributed by atoms with Gasteiger partial charge in [0.05, 0.1) is 5.69 Å². The van der Waals surface area contributed by atoms with Gasteiger partial charge in [0.2, 0.25) is 0 Å². The van der Waals surface area contributed by atoms with E-state index in [-0.39, 0.29) is 5.41 Å². The standard InChI is InChI=1S/C61H41NO/c1-61(2)54-23-13-12-21-48(54)49-29-28-44(37-55(49)61)62(43-27-24-39-16-6-7-17-40(39)34-43)56-31-30-51-47-20-9-8-18-45(47)46-19-10-11-22-50(46)60(51)59(56)42-26-33-58-53(36-42)52-35-41(25-32-57(52)63-58)38-14-4-3-5-15-38/h3-37H,1-2H3. The average Bonchev–Trinajstić information content (AvgIpc) is 3.82. The van der Waals surface area contributed by atoms with E-state index in [1.165, 1.54) is 82.0 Å². The summed E-state index contributed by atoms with van der Waals surface area (Å²) in [6, 6.07) is 78.2. The van der Waals surface area contributed by atoms with Crippen molar-refractivity contribution in [3.63, 3.8) is 0 Å². The van der Waals surface area contributed by atoms with Gasteiger partial charge in [-0.3, -0.25) is 0 Å². The second-order valence-corrected chi connectivity index (χ2v) is 17.6. The lowest BCUT2D eigenvalue weighted by Crippen LogP contribution is -2.17. The van der Waals surface area contributed by atoms with E-state index in [0.29, 0.717) is 0 Å². The van der Waals surface area contributed by atoms with Gasteiger partial charge in [-0.2, -0.15) is 0 Å². The van der Waals surface area contributed by atoms with Crippen LogP contribution in [-0.4, -0.2) is 0 Å². The molecule has 12 aromatic rings. The van der Waals surface area contributed by atoms with Crippen LogP contribution >= 0.6 is 0 Å². The molecule has 0 saturated carbocycles. The summed E-state index contributed by atoms with van der Waals surface area (Å²) in [5, 5.41) is 12.1. The Bertz CT molecular complexity index is 3800. The number of fused-ring (bicyclic) bond motifs is 13. The van der Waals surface area contributed by atoms with Crippen molar-refractivity contribution in [2.45, 2.75) is 19.3 Å². The third kappa shape index (κ3) is 5.38. The lowest BCUT2D eigenvalue weighted by atomic mass is 9.82. The summed E-state index contributed by atoms with van der Waals surface area (Å²) in [5.41, 5.74) is 15.0. The van der Waals surface area contributed by atoms with Crippen LogP contribution in [-0.2, 0) is 5.41 Å². The van der Waals surface area contributed by atoms with E-state index in [1.54, 1.807) is 0 Å². The smallest absolute Gasteiger partial charge is 0.135 e. The van der Waals surface area contributed by atoms with Crippen molar-refractivity contribution in [1.29, 1.82) is 0 Å². The number of rotatable bonds is 5. The number of benzene rings is 11. The highest BCUT2D eigenvalue weighted by atomic mass is 16.3. The fourth-order valence-corrected chi connectivity index (χ4v) is 10.8. The zero-order valence-electron chi connectivity index (χ0n) is 35.1. The maximum absolute atomic E-state index is 6.59. The van der Waals surface area contributed by atoms with Crippen molar-refractivity contribution < 1.29 is 4.42 Å². The topological polar surface area (TPSA) is 16.4 Å². The molecule has 0 saturated heterocycles. The number of nitrogens with zero attached hydrogens (tertiary/aromatic N) is 1. The predicted octanol–water partition coefficient (Wildman–Crippen LogP) is 17.3. The first-order chi connectivity index (χ1) is 31.0. The molecule has 0 fully saturated rings. The van der Waals surface area contributed by atoms with E-state index < -0.39 is 0 Å². The van der Waals surface area contributed by atoms with Crippen LogP contribution in [0.2, 0.25) is 0 Å². The first-order valence-corrected chi connectivity index (χ1v) is 21.9. The number of hydrogen-bond donors (Lipinski definition) is 0. The molecule has 2 nitrogen and oxygen atoms in total. The third-order valence-electron chi connectivity index (χ3n) is 13.8. The Balaban J connectivity index is 1.15. The lowest BCUT2D eigenvalue weighted by molar-refractivity contribution is 0.660. The molecule has 13 rings (SSSR count). The second kappa shape index (κ2) is 13.5. The van der Waals surface area contributed by atoms with Crippen molar-refractivity contribution in [3.8, 4) is 33.4 Å². The Hall–Kier alpha value is -7.94. The predicted molar refractivity (Wildman–Crippen MR) is 267 cm³/mol. The van der Waals surface area contributed by atoms with Gasteiger partial charge in [-0.1, -0.05) is 172 Å². The normalized spacial score (nSPS) is 13.0. The van der Waals surface area contributed by atoms with E-state index in [0.717, 1.165) is 44.6 Å². The van der Waals surface area contributed by atoms with E-state index in [1.807, 2.05) is 0 Å². The Morgan fingerprint density at radius 3 is 1.71 bits per heavy atom. The summed E-state index contributed by atoms with van der Waals surface area (Å²) in [7, 11) is 0. The van der Waals surface area contributed by atoms with E-state index in [4.69, 9.17) is 4.42 Å². The Morgan fingerprint density at radius 1 is 0.365 bits per heavy atom. The molecule has 1 aliphatic rings. The largest absolute Gasteiger partial charge is 0.456 e. The molecule has 0 atom stereocenters. The van der Waals surface area contributed by atoms with Gasteiger partial charge in [-0.05, 0) is 131 Å². The zero-order valence-corrected chi connectivity index (χ0v) is 35.1. The lowest BCUT2D eigenvalue weighted by Gasteiger charge is -2.31. The Labute approximate surface area is 365 Å². The van der Waals surface area contributed by atoms with Crippen LogP contribution in [0.5, 0.6) is 0 Å². The maximum Gasteiger partial charge on any atom is 0.135 e. The quantitative estimate of drug-likeness (QED) is 0.161. The highest BCUT2D eigenvalue weighted by Crippen LogP contribution is 2.53. The summed E-state index contributed by atoms with van der Waals surface area (Å²) in [6.45, 7) is 4.74. The van der Waals surface area contributed by atoms with Gasteiger partial charge >= 0.3 is 0 Å². The van der Waals surface area contributed by atoms with Gasteiger partial charge in [0.25, 0.3) is 0 Å². The molecule has 11 aromatic carbocycles. The van der Waals surface area contributed by atoms with E-state index in [2.05, 4.69) is 231 Å². The zero-order chi connectivity index (χ0) is 41.8.